The predicted octanol–water partition coefficient (Wildman–Crippen LogP) is 2.12. The number of hydrogen-bond acceptors (Lipinski definition) is 5. The number of anilines is 1. The molecule has 2 aliphatic rings. The van der Waals surface area contributed by atoms with Gasteiger partial charge in [0.15, 0.2) is 0 Å². The summed E-state index contributed by atoms with van der Waals surface area (Å²) in [6.07, 6.45) is 5.41. The van der Waals surface area contributed by atoms with Crippen LogP contribution >= 0.6 is 0 Å². The molecule has 3 amide bonds. The van der Waals surface area contributed by atoms with E-state index in [-0.39, 0.29) is 54.5 Å². The lowest BCUT2D eigenvalue weighted by molar-refractivity contribution is -0.138. The number of nitrogens with zero attached hydrogens (tertiary/aromatic N) is 2. The van der Waals surface area contributed by atoms with Crippen molar-refractivity contribution in [1.82, 2.24) is 9.21 Å². The van der Waals surface area contributed by atoms with E-state index in [1.807, 2.05) is 0 Å². The summed E-state index contributed by atoms with van der Waals surface area (Å²) in [5.74, 6) is -0.841. The van der Waals surface area contributed by atoms with E-state index < -0.39 is 10.0 Å². The average molecular weight is 422 g/mol. The highest BCUT2D eigenvalue weighted by Crippen LogP contribution is 2.27. The van der Waals surface area contributed by atoms with Gasteiger partial charge in [0.1, 0.15) is 0 Å². The van der Waals surface area contributed by atoms with Crippen LogP contribution in [-0.2, 0) is 24.4 Å². The minimum absolute atomic E-state index is 0.00193. The lowest BCUT2D eigenvalue weighted by Crippen LogP contribution is -2.38. The second kappa shape index (κ2) is 9.04. The average Bonchev–Trinajstić information content (AvgIpc) is 3.04. The number of benzene rings is 1. The number of sulfonamides is 1. The molecule has 29 heavy (non-hydrogen) atoms. The van der Waals surface area contributed by atoms with Crippen molar-refractivity contribution in [2.75, 3.05) is 18.9 Å². The molecule has 1 heterocycles. The first-order valence-corrected chi connectivity index (χ1v) is 11.4. The number of amides is 3. The Kier molecular flexibility index (Phi) is 6.69. The van der Waals surface area contributed by atoms with Gasteiger partial charge in [0.05, 0.1) is 4.90 Å². The maximum absolute atomic E-state index is 12.8. The van der Waals surface area contributed by atoms with Gasteiger partial charge in [-0.2, -0.15) is 4.31 Å². The summed E-state index contributed by atoms with van der Waals surface area (Å²) in [6, 6.07) is 6.09. The number of imide groups is 1. The molecule has 1 N–H and O–H groups in total. The van der Waals surface area contributed by atoms with Crippen LogP contribution in [0.25, 0.3) is 0 Å². The number of hydrogen-bond donors (Lipinski definition) is 1. The zero-order valence-corrected chi connectivity index (χ0v) is 17.4. The van der Waals surface area contributed by atoms with E-state index in [0.29, 0.717) is 5.69 Å². The van der Waals surface area contributed by atoms with Crippen molar-refractivity contribution in [1.29, 1.82) is 0 Å². The Hall–Kier alpha value is -2.26. The Labute approximate surface area is 171 Å². The van der Waals surface area contributed by atoms with Crippen molar-refractivity contribution in [3.8, 4) is 0 Å². The molecule has 1 aliphatic heterocycles. The molecule has 0 spiro atoms. The molecule has 1 aromatic carbocycles. The summed E-state index contributed by atoms with van der Waals surface area (Å²) in [7, 11) is -1.95. The van der Waals surface area contributed by atoms with Gasteiger partial charge in [0.25, 0.3) is 0 Å². The molecule has 0 atom stereocenters. The van der Waals surface area contributed by atoms with Gasteiger partial charge in [-0.15, -0.1) is 0 Å². The highest BCUT2D eigenvalue weighted by Gasteiger charge is 2.30. The number of carbonyl (C=O) groups is 3. The molecule has 1 saturated heterocycles. The zero-order chi connectivity index (χ0) is 21.0. The normalized spacial score (nSPS) is 18.5. The van der Waals surface area contributed by atoms with Crippen LogP contribution in [-0.4, -0.2) is 55.0 Å². The van der Waals surface area contributed by atoms with E-state index in [1.165, 1.54) is 16.4 Å². The second-order valence-corrected chi connectivity index (χ2v) is 9.57. The lowest BCUT2D eigenvalue weighted by atomic mass is 9.96. The molecule has 1 saturated carbocycles. The van der Waals surface area contributed by atoms with Crippen molar-refractivity contribution in [3.05, 3.63) is 24.3 Å². The summed E-state index contributed by atoms with van der Waals surface area (Å²) in [5, 5.41) is 2.67. The number of nitrogens with one attached hydrogen (secondary N) is 1. The highest BCUT2D eigenvalue weighted by molar-refractivity contribution is 7.89. The summed E-state index contributed by atoms with van der Waals surface area (Å²) in [4.78, 5) is 36.5. The Balaban J connectivity index is 1.57. The molecule has 2 fully saturated rings. The van der Waals surface area contributed by atoms with Gasteiger partial charge >= 0.3 is 0 Å². The van der Waals surface area contributed by atoms with Crippen LogP contribution in [0.15, 0.2) is 29.2 Å². The Bertz CT molecular complexity index is 860. The third-order valence-corrected chi connectivity index (χ3v) is 7.55. The predicted molar refractivity (Wildman–Crippen MR) is 107 cm³/mol. The number of likely N-dealkylation sites (tertiary alicyclic amines) is 1. The Morgan fingerprint density at radius 3 is 2.24 bits per heavy atom. The van der Waals surface area contributed by atoms with Gasteiger partial charge in [-0.25, -0.2) is 8.42 Å². The zero-order valence-electron chi connectivity index (χ0n) is 16.6. The molecule has 0 bridgehead atoms. The summed E-state index contributed by atoms with van der Waals surface area (Å²) in [5.41, 5.74) is 0.466. The molecule has 158 valence electrons. The minimum Gasteiger partial charge on any atom is -0.326 e. The third-order valence-electron chi connectivity index (χ3n) is 5.62. The molecule has 1 aliphatic carbocycles. The molecule has 0 unspecified atom stereocenters. The maximum Gasteiger partial charge on any atom is 0.243 e. The van der Waals surface area contributed by atoms with E-state index in [0.717, 1.165) is 37.0 Å². The van der Waals surface area contributed by atoms with E-state index >= 15 is 0 Å². The van der Waals surface area contributed by atoms with Crippen LogP contribution < -0.4 is 5.32 Å². The molecular formula is C20H27N3O5S. The van der Waals surface area contributed by atoms with Gasteiger partial charge in [-0.1, -0.05) is 19.3 Å². The van der Waals surface area contributed by atoms with E-state index in [2.05, 4.69) is 5.32 Å². The molecule has 8 nitrogen and oxygen atoms in total. The van der Waals surface area contributed by atoms with E-state index in [9.17, 15) is 22.8 Å². The van der Waals surface area contributed by atoms with Gasteiger partial charge in [-0.3, -0.25) is 19.3 Å². The molecule has 0 aromatic heterocycles. The molecule has 0 radical (unpaired) electrons. The van der Waals surface area contributed by atoms with Crippen molar-refractivity contribution < 1.29 is 22.8 Å². The summed E-state index contributed by atoms with van der Waals surface area (Å²) < 4.78 is 27.2. The monoisotopic (exact) mass is 421 g/mol. The molecule has 9 heteroatoms. The first-order chi connectivity index (χ1) is 13.8. The molecule has 3 rings (SSSR count). The number of carbonyl (C=O) groups excluding carboxylic acids is 3. The highest BCUT2D eigenvalue weighted by atomic mass is 32.2. The van der Waals surface area contributed by atoms with Gasteiger partial charge in [0.2, 0.25) is 27.7 Å². The number of rotatable bonds is 7. The topological polar surface area (TPSA) is 104 Å². The quantitative estimate of drug-likeness (QED) is 0.679. The summed E-state index contributed by atoms with van der Waals surface area (Å²) in [6.45, 7) is 0.0577. The first-order valence-electron chi connectivity index (χ1n) is 10.00. The van der Waals surface area contributed by atoms with Crippen LogP contribution in [0, 0.1) is 0 Å². The first kappa shape index (κ1) is 21.4. The smallest absolute Gasteiger partial charge is 0.243 e. The van der Waals surface area contributed by atoms with Crippen LogP contribution in [0.2, 0.25) is 0 Å². The fourth-order valence-electron chi connectivity index (χ4n) is 3.83. The van der Waals surface area contributed by atoms with Crippen molar-refractivity contribution in [2.24, 2.45) is 0 Å². The van der Waals surface area contributed by atoms with Crippen LogP contribution in [0.5, 0.6) is 0 Å². The SMILES string of the molecule is CN(C1CCCCC1)S(=O)(=O)c1ccc(NC(=O)CCN2C(=O)CCC2=O)cc1. The summed E-state index contributed by atoms with van der Waals surface area (Å²) >= 11 is 0. The lowest BCUT2D eigenvalue weighted by Gasteiger charge is -2.30. The largest absolute Gasteiger partial charge is 0.326 e. The van der Waals surface area contributed by atoms with Crippen LogP contribution in [0.1, 0.15) is 51.4 Å². The fraction of sp³-hybridized carbons (Fsp3) is 0.550. The van der Waals surface area contributed by atoms with Crippen molar-refractivity contribution in [2.45, 2.75) is 62.3 Å². The van der Waals surface area contributed by atoms with Gasteiger partial charge in [-0.05, 0) is 37.1 Å². The van der Waals surface area contributed by atoms with Crippen LogP contribution in [0.4, 0.5) is 5.69 Å². The minimum atomic E-state index is -3.58. The van der Waals surface area contributed by atoms with Crippen molar-refractivity contribution >= 4 is 33.4 Å². The standard InChI is InChI=1S/C20H27N3O5S/c1-22(16-5-3-2-4-6-16)29(27,28)17-9-7-15(8-10-17)21-18(24)13-14-23-19(25)11-12-20(23)26/h7-10,16H,2-6,11-14H2,1H3,(H,21,24). The van der Waals surface area contributed by atoms with Gasteiger partial charge in [0, 0.05) is 44.6 Å². The Morgan fingerprint density at radius 1 is 1.07 bits per heavy atom. The third kappa shape index (κ3) is 5.02. The Morgan fingerprint density at radius 2 is 1.66 bits per heavy atom. The molecule has 1 aromatic rings. The van der Waals surface area contributed by atoms with E-state index in [4.69, 9.17) is 0 Å². The fourth-order valence-corrected chi connectivity index (χ4v) is 5.24. The maximum atomic E-state index is 12.8. The van der Waals surface area contributed by atoms with Crippen molar-refractivity contribution in [3.63, 3.8) is 0 Å². The second-order valence-electron chi connectivity index (χ2n) is 7.57. The van der Waals surface area contributed by atoms with E-state index in [1.54, 1.807) is 19.2 Å². The van der Waals surface area contributed by atoms with Crippen LogP contribution in [0.3, 0.4) is 0 Å². The molecular weight excluding hydrogens is 394 g/mol. The van der Waals surface area contributed by atoms with Gasteiger partial charge < -0.3 is 5.32 Å².